The van der Waals surface area contributed by atoms with Gasteiger partial charge in [0.15, 0.2) is 0 Å². The van der Waals surface area contributed by atoms with E-state index in [1.54, 1.807) is 18.2 Å². The Hall–Kier alpha value is -1.78. The summed E-state index contributed by atoms with van der Waals surface area (Å²) in [4.78, 5) is 5.54. The number of nitrogens with one attached hydrogen (secondary N) is 1. The average Bonchev–Trinajstić information content (AvgIpc) is 3.36. The molecule has 0 spiro atoms. The molecule has 1 aliphatic heterocycles. The second kappa shape index (κ2) is 5.69. The van der Waals surface area contributed by atoms with Gasteiger partial charge in [0.25, 0.3) is 0 Å². The normalized spacial score (nSPS) is 20.3. The number of benzodiazepines with no additional fused rings is 1. The number of rotatable bonds is 2. The van der Waals surface area contributed by atoms with Crippen molar-refractivity contribution in [1.82, 2.24) is 0 Å². The molecular weight excluding hydrogens is 331 g/mol. The van der Waals surface area contributed by atoms with E-state index in [2.05, 4.69) is 5.32 Å². The van der Waals surface area contributed by atoms with Crippen LogP contribution in [0.5, 0.6) is 0 Å². The third kappa shape index (κ3) is 2.77. The van der Waals surface area contributed by atoms with Gasteiger partial charge in [0, 0.05) is 21.8 Å². The van der Waals surface area contributed by atoms with Gasteiger partial charge in [0.2, 0.25) is 0 Å². The molecule has 2 nitrogen and oxygen atoms in total. The zero-order chi connectivity index (χ0) is 16.0. The molecule has 0 bridgehead atoms. The molecule has 5 heteroatoms. The largest absolute Gasteiger partial charge is 0.348 e. The highest BCUT2D eigenvalue weighted by molar-refractivity contribution is 7.80. The predicted molar refractivity (Wildman–Crippen MR) is 96.2 cm³/mol. The summed E-state index contributed by atoms with van der Waals surface area (Å²) in [6, 6.07) is 12.1. The Morgan fingerprint density at radius 1 is 1.13 bits per heavy atom. The molecule has 0 radical (unpaired) electrons. The van der Waals surface area contributed by atoms with Gasteiger partial charge in [-0.3, -0.25) is 4.99 Å². The van der Waals surface area contributed by atoms with Crippen LogP contribution in [-0.2, 0) is 0 Å². The van der Waals surface area contributed by atoms with Gasteiger partial charge >= 0.3 is 0 Å². The summed E-state index contributed by atoms with van der Waals surface area (Å²) in [5.41, 5.74) is 2.70. The summed E-state index contributed by atoms with van der Waals surface area (Å²) in [5.74, 6) is 0.154. The topological polar surface area (TPSA) is 24.4 Å². The molecule has 0 unspecified atom stereocenters. The number of benzene rings is 2. The molecule has 23 heavy (non-hydrogen) atoms. The fourth-order valence-corrected chi connectivity index (χ4v) is 3.42. The van der Waals surface area contributed by atoms with Crippen molar-refractivity contribution in [3.8, 4) is 0 Å². The smallest absolute Gasteiger partial charge is 0.132 e. The summed E-state index contributed by atoms with van der Waals surface area (Å²) in [6.45, 7) is 0. The monoisotopic (exact) mass is 344 g/mol. The van der Waals surface area contributed by atoms with Crippen LogP contribution in [0.15, 0.2) is 47.5 Å². The molecule has 0 amide bonds. The molecule has 1 N–H and O–H groups in total. The number of aliphatic imine (C=N–C) groups is 1. The molecule has 2 aromatic carbocycles. The van der Waals surface area contributed by atoms with Gasteiger partial charge in [-0.2, -0.15) is 0 Å². The molecule has 1 saturated carbocycles. The SMILES string of the molecule is Fc1ccccc1C1=N[C@@H](C2CC2)C(=S)Nc2ccc(Cl)cc21. The Morgan fingerprint density at radius 2 is 1.91 bits per heavy atom. The predicted octanol–water partition coefficient (Wildman–Crippen LogP) is 4.85. The Kier molecular flexibility index (Phi) is 3.66. The first-order chi connectivity index (χ1) is 11.1. The fourth-order valence-electron chi connectivity index (χ4n) is 2.89. The Labute approximate surface area is 144 Å². The minimum Gasteiger partial charge on any atom is -0.348 e. The van der Waals surface area contributed by atoms with E-state index < -0.39 is 0 Å². The van der Waals surface area contributed by atoms with E-state index in [0.29, 0.717) is 27.2 Å². The Balaban J connectivity index is 1.94. The first-order valence-electron chi connectivity index (χ1n) is 7.57. The number of anilines is 1. The molecular formula is C18H14ClFN2S. The van der Waals surface area contributed by atoms with Crippen LogP contribution in [0.2, 0.25) is 5.02 Å². The van der Waals surface area contributed by atoms with E-state index in [0.717, 1.165) is 24.1 Å². The molecule has 1 aliphatic carbocycles. The van der Waals surface area contributed by atoms with Crippen molar-refractivity contribution >= 4 is 40.2 Å². The minimum absolute atomic E-state index is 0.106. The third-order valence-corrected chi connectivity index (χ3v) is 4.81. The minimum atomic E-state index is -0.292. The molecule has 1 heterocycles. The van der Waals surface area contributed by atoms with Gasteiger partial charge in [-0.25, -0.2) is 4.39 Å². The lowest BCUT2D eigenvalue weighted by molar-refractivity contribution is 0.625. The highest BCUT2D eigenvalue weighted by atomic mass is 35.5. The molecule has 0 saturated heterocycles. The molecule has 2 aliphatic rings. The van der Waals surface area contributed by atoms with Crippen LogP contribution in [0.3, 0.4) is 0 Å². The van der Waals surface area contributed by atoms with Crippen molar-refractivity contribution in [1.29, 1.82) is 0 Å². The van der Waals surface area contributed by atoms with Crippen molar-refractivity contribution in [2.24, 2.45) is 10.9 Å². The zero-order valence-corrected chi connectivity index (χ0v) is 13.8. The summed E-state index contributed by atoms with van der Waals surface area (Å²) in [6.07, 6.45) is 2.22. The summed E-state index contributed by atoms with van der Waals surface area (Å²) in [5, 5.41) is 3.86. The molecule has 2 aromatic rings. The maximum Gasteiger partial charge on any atom is 0.132 e. The lowest BCUT2D eigenvalue weighted by atomic mass is 10.00. The molecule has 1 fully saturated rings. The average molecular weight is 345 g/mol. The van der Waals surface area contributed by atoms with Crippen LogP contribution >= 0.6 is 23.8 Å². The lowest BCUT2D eigenvalue weighted by Crippen LogP contribution is -2.25. The van der Waals surface area contributed by atoms with Gasteiger partial charge in [0.05, 0.1) is 5.71 Å². The first-order valence-corrected chi connectivity index (χ1v) is 8.35. The molecule has 1 atom stereocenters. The zero-order valence-electron chi connectivity index (χ0n) is 12.2. The van der Waals surface area contributed by atoms with E-state index in [1.807, 2.05) is 18.2 Å². The number of hydrogen-bond acceptors (Lipinski definition) is 2. The van der Waals surface area contributed by atoms with Crippen molar-refractivity contribution in [2.45, 2.75) is 18.9 Å². The summed E-state index contributed by atoms with van der Waals surface area (Å²) in [7, 11) is 0. The van der Waals surface area contributed by atoms with Gasteiger partial charge in [-0.1, -0.05) is 36.0 Å². The van der Waals surface area contributed by atoms with Gasteiger partial charge < -0.3 is 5.32 Å². The van der Waals surface area contributed by atoms with Crippen LogP contribution in [0.1, 0.15) is 24.0 Å². The van der Waals surface area contributed by atoms with E-state index in [-0.39, 0.29) is 11.9 Å². The van der Waals surface area contributed by atoms with Crippen LogP contribution in [0, 0.1) is 11.7 Å². The fraction of sp³-hybridized carbons (Fsp3) is 0.222. The third-order valence-electron chi connectivity index (χ3n) is 4.23. The van der Waals surface area contributed by atoms with Crippen LogP contribution in [-0.4, -0.2) is 16.7 Å². The van der Waals surface area contributed by atoms with Crippen molar-refractivity contribution in [2.75, 3.05) is 5.32 Å². The summed E-state index contributed by atoms with van der Waals surface area (Å²) < 4.78 is 14.4. The highest BCUT2D eigenvalue weighted by Gasteiger charge is 2.36. The van der Waals surface area contributed by atoms with Crippen LogP contribution in [0.25, 0.3) is 0 Å². The highest BCUT2D eigenvalue weighted by Crippen LogP contribution is 2.38. The van der Waals surface area contributed by atoms with E-state index >= 15 is 0 Å². The van der Waals surface area contributed by atoms with E-state index in [1.165, 1.54) is 6.07 Å². The summed E-state index contributed by atoms with van der Waals surface area (Å²) >= 11 is 11.7. The Morgan fingerprint density at radius 3 is 2.65 bits per heavy atom. The molecule has 116 valence electrons. The standard InChI is InChI=1S/C18H14ClFN2S/c19-11-7-8-15-13(9-11)17(12-3-1-2-4-14(12)20)22-16(10-5-6-10)18(23)21-15/h1-4,7-10,16H,5-6H2,(H,21,23)/t16-/m0/s1. The van der Waals surface area contributed by atoms with E-state index in [9.17, 15) is 4.39 Å². The number of hydrogen-bond donors (Lipinski definition) is 1. The number of halogens is 2. The quantitative estimate of drug-likeness (QED) is 0.788. The molecule has 0 aromatic heterocycles. The van der Waals surface area contributed by atoms with Gasteiger partial charge in [-0.15, -0.1) is 0 Å². The van der Waals surface area contributed by atoms with Gasteiger partial charge in [0.1, 0.15) is 16.8 Å². The van der Waals surface area contributed by atoms with E-state index in [4.69, 9.17) is 28.8 Å². The number of thiocarbonyl (C=S) groups is 1. The first kappa shape index (κ1) is 14.8. The lowest BCUT2D eigenvalue weighted by Gasteiger charge is -2.12. The second-order valence-corrected chi connectivity index (χ2v) is 6.80. The van der Waals surface area contributed by atoms with Gasteiger partial charge in [-0.05, 0) is 49.1 Å². The Bertz CT molecular complexity index is 830. The number of fused-ring (bicyclic) bond motifs is 1. The number of nitrogens with zero attached hydrogens (tertiary/aromatic N) is 1. The second-order valence-electron chi connectivity index (χ2n) is 5.92. The maximum absolute atomic E-state index is 14.4. The maximum atomic E-state index is 14.4. The van der Waals surface area contributed by atoms with Crippen molar-refractivity contribution in [3.05, 3.63) is 64.4 Å². The molecule has 4 rings (SSSR count). The van der Waals surface area contributed by atoms with Crippen molar-refractivity contribution < 1.29 is 4.39 Å². The van der Waals surface area contributed by atoms with Crippen LogP contribution < -0.4 is 5.32 Å². The van der Waals surface area contributed by atoms with Crippen LogP contribution in [0.4, 0.5) is 10.1 Å². The van der Waals surface area contributed by atoms with Crippen molar-refractivity contribution in [3.63, 3.8) is 0 Å².